The lowest BCUT2D eigenvalue weighted by Gasteiger charge is -2.28. The number of aromatic amines is 1. The standard InChI is InChI=1S/C15H21N7O4S/c1-21(2)27(24,25)22-6-5-10-11(8-22)18-19-13(10)14(23)16-7-12-17-15(26-20-12)9-3-4-9/h9H,3-8H2,1-2H3,(H,16,23)(H,18,19). The Bertz CT molecular complexity index is 961. The summed E-state index contributed by atoms with van der Waals surface area (Å²) in [4.78, 5) is 16.7. The summed E-state index contributed by atoms with van der Waals surface area (Å²) in [5, 5.41) is 13.5. The van der Waals surface area contributed by atoms with E-state index in [9.17, 15) is 13.2 Å². The van der Waals surface area contributed by atoms with Gasteiger partial charge in [0, 0.05) is 32.1 Å². The summed E-state index contributed by atoms with van der Waals surface area (Å²) in [6.07, 6.45) is 2.54. The van der Waals surface area contributed by atoms with Crippen molar-refractivity contribution < 1.29 is 17.7 Å². The summed E-state index contributed by atoms with van der Waals surface area (Å²) in [6, 6.07) is 0. The first kappa shape index (κ1) is 18.1. The minimum Gasteiger partial charge on any atom is -0.343 e. The molecule has 4 rings (SSSR count). The Balaban J connectivity index is 1.41. The molecule has 0 radical (unpaired) electrons. The fourth-order valence-corrected chi connectivity index (χ4v) is 4.06. The van der Waals surface area contributed by atoms with Crippen LogP contribution in [0.25, 0.3) is 0 Å². The van der Waals surface area contributed by atoms with Gasteiger partial charge in [0.05, 0.1) is 18.8 Å². The third-order valence-electron chi connectivity index (χ3n) is 4.72. The fraction of sp³-hybridized carbons (Fsp3) is 0.600. The first-order valence-corrected chi connectivity index (χ1v) is 10.1. The van der Waals surface area contributed by atoms with E-state index in [1.807, 2.05) is 0 Å². The third-order valence-corrected chi connectivity index (χ3v) is 6.61. The number of carbonyl (C=O) groups excluding carboxylic acids is 1. The average molecular weight is 395 g/mol. The van der Waals surface area contributed by atoms with Crippen molar-refractivity contribution in [1.82, 2.24) is 34.3 Å². The van der Waals surface area contributed by atoms with E-state index in [4.69, 9.17) is 4.52 Å². The highest BCUT2D eigenvalue weighted by molar-refractivity contribution is 7.86. The van der Waals surface area contributed by atoms with Crippen LogP contribution in [0.2, 0.25) is 0 Å². The van der Waals surface area contributed by atoms with Crippen LogP contribution in [0.3, 0.4) is 0 Å². The summed E-state index contributed by atoms with van der Waals surface area (Å²) >= 11 is 0. The highest BCUT2D eigenvalue weighted by Crippen LogP contribution is 2.38. The maximum absolute atomic E-state index is 12.5. The molecule has 0 atom stereocenters. The summed E-state index contributed by atoms with van der Waals surface area (Å²) in [7, 11) is -0.530. The van der Waals surface area contributed by atoms with Crippen LogP contribution >= 0.6 is 0 Å². The third kappa shape index (κ3) is 3.47. The number of aromatic nitrogens is 4. The normalized spacial score (nSPS) is 17.9. The van der Waals surface area contributed by atoms with Gasteiger partial charge in [-0.1, -0.05) is 5.16 Å². The summed E-state index contributed by atoms with van der Waals surface area (Å²) in [5.41, 5.74) is 1.65. The van der Waals surface area contributed by atoms with E-state index < -0.39 is 10.2 Å². The molecule has 1 aliphatic carbocycles. The second-order valence-corrected chi connectivity index (χ2v) is 9.05. The second kappa shape index (κ2) is 6.69. The van der Waals surface area contributed by atoms with E-state index in [0.717, 1.165) is 18.4 Å². The number of fused-ring (bicyclic) bond motifs is 1. The Morgan fingerprint density at radius 1 is 1.41 bits per heavy atom. The Kier molecular flexibility index (Phi) is 4.48. The maximum Gasteiger partial charge on any atom is 0.281 e. The predicted octanol–water partition coefficient (Wildman–Crippen LogP) is -0.235. The molecule has 2 aromatic rings. The minimum absolute atomic E-state index is 0.151. The molecule has 2 aliphatic rings. The van der Waals surface area contributed by atoms with E-state index in [-0.39, 0.29) is 24.7 Å². The predicted molar refractivity (Wildman–Crippen MR) is 92.8 cm³/mol. The zero-order valence-electron chi connectivity index (χ0n) is 15.1. The van der Waals surface area contributed by atoms with Crippen LogP contribution in [0.15, 0.2) is 4.52 Å². The van der Waals surface area contributed by atoms with Crippen LogP contribution in [-0.2, 0) is 29.7 Å². The number of H-pyrrole nitrogens is 1. The molecular formula is C15H21N7O4S. The van der Waals surface area contributed by atoms with Gasteiger partial charge in [-0.25, -0.2) is 0 Å². The van der Waals surface area contributed by atoms with Gasteiger partial charge in [-0.2, -0.15) is 27.1 Å². The topological polar surface area (TPSA) is 137 Å². The lowest BCUT2D eigenvalue weighted by atomic mass is 10.1. The van der Waals surface area contributed by atoms with Gasteiger partial charge >= 0.3 is 0 Å². The average Bonchev–Trinajstić information content (AvgIpc) is 3.23. The smallest absolute Gasteiger partial charge is 0.281 e. The monoisotopic (exact) mass is 395 g/mol. The van der Waals surface area contributed by atoms with Crippen molar-refractivity contribution in [1.29, 1.82) is 0 Å². The van der Waals surface area contributed by atoms with Crippen molar-refractivity contribution in [3.63, 3.8) is 0 Å². The molecule has 27 heavy (non-hydrogen) atoms. The van der Waals surface area contributed by atoms with Crippen LogP contribution in [0, 0.1) is 0 Å². The van der Waals surface area contributed by atoms with Crippen molar-refractivity contribution in [3.05, 3.63) is 28.7 Å². The first-order chi connectivity index (χ1) is 12.9. The molecule has 11 nitrogen and oxygen atoms in total. The molecule has 0 aromatic carbocycles. The highest BCUT2D eigenvalue weighted by atomic mass is 32.2. The Labute approximate surface area is 156 Å². The molecule has 3 heterocycles. The van der Waals surface area contributed by atoms with E-state index in [2.05, 4.69) is 25.7 Å². The van der Waals surface area contributed by atoms with Crippen molar-refractivity contribution in [2.24, 2.45) is 0 Å². The van der Waals surface area contributed by atoms with E-state index in [1.54, 1.807) is 0 Å². The second-order valence-electron chi connectivity index (χ2n) is 6.91. The molecule has 2 N–H and O–H groups in total. The van der Waals surface area contributed by atoms with Crippen LogP contribution in [0.1, 0.15) is 52.2 Å². The fourth-order valence-electron chi connectivity index (χ4n) is 2.99. The quantitative estimate of drug-likeness (QED) is 0.689. The van der Waals surface area contributed by atoms with E-state index in [0.29, 0.717) is 36.3 Å². The molecule has 146 valence electrons. The molecule has 0 spiro atoms. The number of nitrogens with zero attached hydrogens (tertiary/aromatic N) is 5. The lowest BCUT2D eigenvalue weighted by Crippen LogP contribution is -2.43. The molecular weight excluding hydrogens is 374 g/mol. The largest absolute Gasteiger partial charge is 0.343 e. The zero-order chi connectivity index (χ0) is 19.2. The molecule has 0 saturated heterocycles. The number of hydrogen-bond donors (Lipinski definition) is 2. The van der Waals surface area contributed by atoms with Crippen molar-refractivity contribution in [3.8, 4) is 0 Å². The molecule has 0 bridgehead atoms. The maximum atomic E-state index is 12.5. The Hall–Kier alpha value is -2.31. The van der Waals surface area contributed by atoms with Gasteiger partial charge in [-0.15, -0.1) is 0 Å². The summed E-state index contributed by atoms with van der Waals surface area (Å²) < 4.78 is 32.2. The summed E-state index contributed by atoms with van der Waals surface area (Å²) in [6.45, 7) is 0.604. The zero-order valence-corrected chi connectivity index (χ0v) is 15.9. The minimum atomic E-state index is -3.51. The van der Waals surface area contributed by atoms with E-state index in [1.165, 1.54) is 22.7 Å². The van der Waals surface area contributed by atoms with Crippen molar-refractivity contribution in [2.45, 2.75) is 38.3 Å². The molecule has 12 heteroatoms. The Morgan fingerprint density at radius 3 is 2.89 bits per heavy atom. The van der Waals surface area contributed by atoms with Gasteiger partial charge in [0.25, 0.3) is 16.1 Å². The Morgan fingerprint density at radius 2 is 2.19 bits per heavy atom. The molecule has 2 aromatic heterocycles. The number of amides is 1. The van der Waals surface area contributed by atoms with Crippen LogP contribution < -0.4 is 5.32 Å². The van der Waals surface area contributed by atoms with Crippen molar-refractivity contribution in [2.75, 3.05) is 20.6 Å². The number of carbonyl (C=O) groups is 1. The van der Waals surface area contributed by atoms with Gasteiger partial charge in [-0.05, 0) is 19.3 Å². The first-order valence-electron chi connectivity index (χ1n) is 8.70. The van der Waals surface area contributed by atoms with Gasteiger partial charge in [0.1, 0.15) is 0 Å². The molecule has 1 amide bonds. The van der Waals surface area contributed by atoms with Gasteiger partial charge in [-0.3, -0.25) is 9.89 Å². The van der Waals surface area contributed by atoms with Crippen molar-refractivity contribution >= 4 is 16.1 Å². The highest BCUT2D eigenvalue weighted by Gasteiger charge is 2.32. The number of rotatable bonds is 6. The number of hydrogen-bond acceptors (Lipinski definition) is 7. The molecule has 1 aliphatic heterocycles. The van der Waals surface area contributed by atoms with Gasteiger partial charge in [0.2, 0.25) is 5.89 Å². The lowest BCUT2D eigenvalue weighted by molar-refractivity contribution is 0.0943. The van der Waals surface area contributed by atoms with E-state index >= 15 is 0 Å². The van der Waals surface area contributed by atoms with Crippen LogP contribution in [0.4, 0.5) is 0 Å². The SMILES string of the molecule is CN(C)S(=O)(=O)N1CCc2c(C(=O)NCc3noc(C4CC4)n3)n[nH]c2C1. The summed E-state index contributed by atoms with van der Waals surface area (Å²) in [5.74, 6) is 1.06. The van der Waals surface area contributed by atoms with Crippen LogP contribution in [-0.4, -0.2) is 63.9 Å². The van der Waals surface area contributed by atoms with Gasteiger partial charge < -0.3 is 9.84 Å². The molecule has 0 unspecified atom stereocenters. The number of nitrogens with one attached hydrogen (secondary N) is 2. The molecule has 1 saturated carbocycles. The van der Waals surface area contributed by atoms with Gasteiger partial charge in [0.15, 0.2) is 11.5 Å². The van der Waals surface area contributed by atoms with Crippen LogP contribution in [0.5, 0.6) is 0 Å². The molecule has 1 fully saturated rings.